The van der Waals surface area contributed by atoms with E-state index in [0.29, 0.717) is 6.54 Å². The van der Waals surface area contributed by atoms with Crippen LogP contribution in [-0.4, -0.2) is 25.7 Å². The Labute approximate surface area is 118 Å². The van der Waals surface area contributed by atoms with E-state index in [9.17, 15) is 4.79 Å². The Bertz CT molecular complexity index is 198. The van der Waals surface area contributed by atoms with Gasteiger partial charge in [-0.15, -0.1) is 0 Å². The Hall–Kier alpha value is -0.610. The molecule has 0 aromatic carbocycles. The minimum Gasteiger partial charge on any atom is -0.381 e. The molecule has 0 fully saturated rings. The molecule has 0 saturated carbocycles. The average molecular weight is 273 g/mol. The lowest BCUT2D eigenvalue weighted by Gasteiger charge is -2.05. The van der Waals surface area contributed by atoms with Gasteiger partial charge in [0.15, 0.2) is 0 Å². The van der Waals surface area contributed by atoms with E-state index in [4.69, 9.17) is 4.74 Å². The number of nitrogens with one attached hydrogen (secondary N) is 1. The molecule has 0 saturated heterocycles. The number of carbonyl (C=O) groups is 1. The summed E-state index contributed by atoms with van der Waals surface area (Å²) in [7, 11) is 0. The second-order valence-electron chi connectivity index (χ2n) is 4.93. The van der Waals surface area contributed by atoms with Crippen LogP contribution in [0.4, 0.5) is 0 Å². The molecule has 0 amide bonds. The summed E-state index contributed by atoms with van der Waals surface area (Å²) in [5.41, 5.74) is 2.62. The molecule has 0 heterocycles. The van der Waals surface area contributed by atoms with Crippen LogP contribution in [0.25, 0.3) is 0 Å². The lowest BCUT2D eigenvalue weighted by atomic mass is 10.1. The van der Waals surface area contributed by atoms with Crippen molar-refractivity contribution in [3.8, 4) is 0 Å². The molecule has 0 aliphatic heterocycles. The van der Waals surface area contributed by atoms with Gasteiger partial charge in [0, 0.05) is 26.7 Å². The first-order chi connectivity index (χ1) is 9.27. The molecule has 0 aliphatic carbocycles. The van der Waals surface area contributed by atoms with E-state index in [0.717, 1.165) is 26.1 Å². The van der Waals surface area contributed by atoms with Gasteiger partial charge in [0.1, 0.15) is 0 Å². The Morgan fingerprint density at radius 1 is 0.895 bits per heavy atom. The van der Waals surface area contributed by atoms with Gasteiger partial charge in [-0.25, -0.2) is 0 Å². The maximum Gasteiger partial charge on any atom is 0.321 e. The fourth-order valence-corrected chi connectivity index (χ4v) is 1.82. The van der Waals surface area contributed by atoms with Gasteiger partial charge in [0.05, 0.1) is 0 Å². The summed E-state index contributed by atoms with van der Waals surface area (Å²) >= 11 is 0. The summed E-state index contributed by atoms with van der Waals surface area (Å²) < 4.78 is 5.55. The van der Waals surface area contributed by atoms with Gasteiger partial charge >= 0.3 is 5.97 Å². The zero-order valence-electron chi connectivity index (χ0n) is 12.7. The smallest absolute Gasteiger partial charge is 0.321 e. The first kappa shape index (κ1) is 18.4. The lowest BCUT2D eigenvalue weighted by molar-refractivity contribution is -0.148. The van der Waals surface area contributed by atoms with Crippen molar-refractivity contribution >= 4 is 5.97 Å². The van der Waals surface area contributed by atoms with Crippen LogP contribution in [0.3, 0.4) is 0 Å². The molecule has 0 aromatic rings. The summed E-state index contributed by atoms with van der Waals surface area (Å²) in [6.45, 7) is 6.01. The number of ether oxygens (including phenoxy) is 1. The van der Waals surface area contributed by atoms with Gasteiger partial charge < -0.3 is 9.57 Å². The normalized spacial score (nSPS) is 10.6. The Kier molecular flexibility index (Phi) is 15.0. The predicted octanol–water partition coefficient (Wildman–Crippen LogP) is 3.60. The minimum atomic E-state index is -0.296. The molecular formula is C15H31NO3. The van der Waals surface area contributed by atoms with Crippen molar-refractivity contribution in [3.63, 3.8) is 0 Å². The van der Waals surface area contributed by atoms with Crippen molar-refractivity contribution in [3.05, 3.63) is 0 Å². The van der Waals surface area contributed by atoms with Crippen molar-refractivity contribution in [2.45, 2.75) is 71.6 Å². The first-order valence-corrected chi connectivity index (χ1v) is 7.75. The van der Waals surface area contributed by atoms with Gasteiger partial charge in [-0.1, -0.05) is 45.4 Å². The van der Waals surface area contributed by atoms with Gasteiger partial charge in [-0.2, -0.15) is 5.48 Å². The third-order valence-electron chi connectivity index (χ3n) is 2.93. The molecule has 0 aliphatic rings. The molecule has 0 unspecified atom stereocenters. The number of carbonyl (C=O) groups excluding carboxylic acids is 1. The molecule has 4 nitrogen and oxygen atoms in total. The second kappa shape index (κ2) is 15.4. The van der Waals surface area contributed by atoms with Crippen molar-refractivity contribution in [1.82, 2.24) is 5.48 Å². The zero-order chi connectivity index (χ0) is 14.2. The summed E-state index contributed by atoms with van der Waals surface area (Å²) in [6.07, 6.45) is 11.2. The number of unbranched alkanes of at least 4 members (excludes halogenated alkanes) is 7. The third kappa shape index (κ3) is 17.4. The number of hydroxylamine groups is 1. The highest BCUT2D eigenvalue weighted by Gasteiger charge is 1.94. The molecule has 19 heavy (non-hydrogen) atoms. The van der Waals surface area contributed by atoms with E-state index in [1.54, 1.807) is 0 Å². The van der Waals surface area contributed by atoms with E-state index in [-0.39, 0.29) is 5.97 Å². The summed E-state index contributed by atoms with van der Waals surface area (Å²) in [5.74, 6) is -0.296. The maximum atomic E-state index is 10.5. The van der Waals surface area contributed by atoms with Crippen molar-refractivity contribution < 1.29 is 14.4 Å². The molecule has 4 heteroatoms. The Balaban J connectivity index is 2.93. The van der Waals surface area contributed by atoms with Gasteiger partial charge in [-0.05, 0) is 19.3 Å². The van der Waals surface area contributed by atoms with Crippen molar-refractivity contribution in [2.24, 2.45) is 0 Å². The topological polar surface area (TPSA) is 47.6 Å². The number of rotatable bonds is 14. The first-order valence-electron chi connectivity index (χ1n) is 7.75. The van der Waals surface area contributed by atoms with E-state index in [1.165, 1.54) is 51.9 Å². The SMILES string of the molecule is CCCCCCCCCOCCCCNOC(C)=O. The largest absolute Gasteiger partial charge is 0.381 e. The monoisotopic (exact) mass is 273 g/mol. The Morgan fingerprint density at radius 3 is 2.11 bits per heavy atom. The average Bonchev–Trinajstić information content (AvgIpc) is 2.39. The fraction of sp³-hybridized carbons (Fsp3) is 0.933. The molecule has 0 rings (SSSR count). The van der Waals surface area contributed by atoms with Gasteiger partial charge in [0.25, 0.3) is 0 Å². The zero-order valence-corrected chi connectivity index (χ0v) is 12.7. The van der Waals surface area contributed by atoms with Crippen LogP contribution in [0.5, 0.6) is 0 Å². The summed E-state index contributed by atoms with van der Waals surface area (Å²) in [4.78, 5) is 15.1. The molecule has 0 atom stereocenters. The number of hydrogen-bond acceptors (Lipinski definition) is 4. The van der Waals surface area contributed by atoms with Crippen LogP contribution in [0.1, 0.15) is 71.6 Å². The van der Waals surface area contributed by atoms with E-state index in [1.807, 2.05) is 0 Å². The van der Waals surface area contributed by atoms with Gasteiger partial charge in [-0.3, -0.25) is 4.79 Å². The quantitative estimate of drug-likeness (QED) is 0.388. The summed E-state index contributed by atoms with van der Waals surface area (Å²) in [5, 5.41) is 0. The van der Waals surface area contributed by atoms with Crippen LogP contribution in [-0.2, 0) is 14.4 Å². The van der Waals surface area contributed by atoms with Crippen LogP contribution in [0.2, 0.25) is 0 Å². The fourth-order valence-electron chi connectivity index (χ4n) is 1.82. The van der Waals surface area contributed by atoms with Crippen molar-refractivity contribution in [1.29, 1.82) is 0 Å². The van der Waals surface area contributed by atoms with Crippen LogP contribution < -0.4 is 5.48 Å². The molecule has 0 bridgehead atoms. The highest BCUT2D eigenvalue weighted by atomic mass is 16.7. The molecule has 0 aromatic heterocycles. The van der Waals surface area contributed by atoms with Crippen molar-refractivity contribution in [2.75, 3.05) is 19.8 Å². The maximum absolute atomic E-state index is 10.5. The standard InChI is InChI=1S/C15H31NO3/c1-3-4-5-6-7-8-10-13-18-14-11-9-12-16-19-15(2)17/h16H,3-14H2,1-2H3. The molecular weight excluding hydrogens is 242 g/mol. The highest BCUT2D eigenvalue weighted by molar-refractivity contribution is 5.65. The van der Waals surface area contributed by atoms with Gasteiger partial charge in [0.2, 0.25) is 0 Å². The number of hydrogen-bond donors (Lipinski definition) is 1. The summed E-state index contributed by atoms with van der Waals surface area (Å²) in [6, 6.07) is 0. The van der Waals surface area contributed by atoms with Crippen LogP contribution in [0, 0.1) is 0 Å². The highest BCUT2D eigenvalue weighted by Crippen LogP contribution is 2.06. The molecule has 114 valence electrons. The van der Waals surface area contributed by atoms with E-state index in [2.05, 4.69) is 17.2 Å². The minimum absolute atomic E-state index is 0.296. The molecule has 1 N–H and O–H groups in total. The molecule has 0 spiro atoms. The van der Waals surface area contributed by atoms with Crippen LogP contribution >= 0.6 is 0 Å². The van der Waals surface area contributed by atoms with E-state index < -0.39 is 0 Å². The van der Waals surface area contributed by atoms with E-state index >= 15 is 0 Å². The third-order valence-corrected chi connectivity index (χ3v) is 2.93. The Morgan fingerprint density at radius 2 is 1.47 bits per heavy atom. The lowest BCUT2D eigenvalue weighted by Crippen LogP contribution is -2.19. The predicted molar refractivity (Wildman–Crippen MR) is 77.8 cm³/mol. The van der Waals surface area contributed by atoms with Crippen LogP contribution in [0.15, 0.2) is 0 Å². The molecule has 0 radical (unpaired) electrons. The second-order valence-corrected chi connectivity index (χ2v) is 4.93.